The number of nitrogens with one attached hydrogen (secondary N) is 1. The lowest BCUT2D eigenvalue weighted by molar-refractivity contribution is 1.53. The van der Waals surface area contributed by atoms with Gasteiger partial charge in [0.1, 0.15) is 0 Å². The van der Waals surface area contributed by atoms with Crippen LogP contribution in [0.3, 0.4) is 0 Å². The summed E-state index contributed by atoms with van der Waals surface area (Å²) in [7, 11) is 0. The molecule has 5 aromatic carbocycles. The van der Waals surface area contributed by atoms with Crippen LogP contribution >= 0.6 is 11.3 Å². The number of fused-ring (bicyclic) bond motifs is 3. The molecule has 0 aliphatic carbocycles. The van der Waals surface area contributed by atoms with E-state index < -0.39 is 0 Å². The van der Waals surface area contributed by atoms with Crippen molar-refractivity contribution in [2.24, 2.45) is 0 Å². The summed E-state index contributed by atoms with van der Waals surface area (Å²) < 4.78 is 2.68. The van der Waals surface area contributed by atoms with Crippen molar-refractivity contribution >= 4 is 42.9 Å². The van der Waals surface area contributed by atoms with Crippen molar-refractivity contribution in [2.45, 2.75) is 0 Å². The molecule has 0 atom stereocenters. The average Bonchev–Trinajstić information content (AvgIpc) is 3.23. The molecule has 1 aromatic heterocycles. The van der Waals surface area contributed by atoms with Gasteiger partial charge in [-0.3, -0.25) is 0 Å². The van der Waals surface area contributed by atoms with E-state index >= 15 is 0 Å². The van der Waals surface area contributed by atoms with Crippen LogP contribution in [-0.4, -0.2) is 0 Å². The normalized spacial score (nSPS) is 11.1. The lowest BCUT2D eigenvalue weighted by Gasteiger charge is -2.10. The molecule has 0 aliphatic heterocycles. The standard InChI is InChI=1S/C30H21NS/c1-2-7-21(8-3-1)23-9-6-10-26(19-23)31-25-16-13-22(14-17-25)24-15-18-30-28(20-24)27-11-4-5-12-29(27)32-30/h1-20,31H. The van der Waals surface area contributed by atoms with Crippen LogP contribution in [0.2, 0.25) is 0 Å². The van der Waals surface area contributed by atoms with Crippen LogP contribution in [0.15, 0.2) is 121 Å². The van der Waals surface area contributed by atoms with E-state index in [2.05, 4.69) is 121 Å². The highest BCUT2D eigenvalue weighted by molar-refractivity contribution is 7.25. The summed E-state index contributed by atoms with van der Waals surface area (Å²) in [4.78, 5) is 0. The van der Waals surface area contributed by atoms with E-state index in [9.17, 15) is 0 Å². The Hall–Kier alpha value is -3.88. The largest absolute Gasteiger partial charge is 0.356 e. The van der Waals surface area contributed by atoms with Gasteiger partial charge in [-0.1, -0.05) is 78.9 Å². The van der Waals surface area contributed by atoms with Gasteiger partial charge in [-0.15, -0.1) is 11.3 Å². The summed E-state index contributed by atoms with van der Waals surface area (Å²) >= 11 is 1.86. The summed E-state index contributed by atoms with van der Waals surface area (Å²) in [6, 6.07) is 43.2. The van der Waals surface area contributed by atoms with Crippen molar-refractivity contribution in [2.75, 3.05) is 5.32 Å². The van der Waals surface area contributed by atoms with Crippen molar-refractivity contribution < 1.29 is 0 Å². The summed E-state index contributed by atoms with van der Waals surface area (Å²) in [5.41, 5.74) is 7.09. The van der Waals surface area contributed by atoms with Crippen molar-refractivity contribution in [3.05, 3.63) is 121 Å². The second-order valence-electron chi connectivity index (χ2n) is 7.96. The molecule has 0 radical (unpaired) electrons. The molecule has 0 bridgehead atoms. The first kappa shape index (κ1) is 18.9. The lowest BCUT2D eigenvalue weighted by Crippen LogP contribution is -1.90. The molecule has 0 aliphatic rings. The molecule has 0 saturated heterocycles. The molecule has 0 unspecified atom stereocenters. The molecule has 6 aromatic rings. The van der Waals surface area contributed by atoms with E-state index in [4.69, 9.17) is 0 Å². The molecule has 1 nitrogen and oxygen atoms in total. The van der Waals surface area contributed by atoms with E-state index in [0.29, 0.717) is 0 Å². The molecule has 2 heteroatoms. The second kappa shape index (κ2) is 7.99. The maximum absolute atomic E-state index is 3.54. The van der Waals surface area contributed by atoms with Crippen molar-refractivity contribution in [3.63, 3.8) is 0 Å². The third-order valence-corrected chi connectivity index (χ3v) is 7.01. The first-order chi connectivity index (χ1) is 15.8. The zero-order chi connectivity index (χ0) is 21.3. The van der Waals surface area contributed by atoms with Crippen LogP contribution in [0.1, 0.15) is 0 Å². The molecule has 0 fully saturated rings. The molecule has 1 N–H and O–H groups in total. The molecule has 0 amide bonds. The van der Waals surface area contributed by atoms with Gasteiger partial charge in [-0.2, -0.15) is 0 Å². The molecule has 6 rings (SSSR count). The highest BCUT2D eigenvalue weighted by Crippen LogP contribution is 2.36. The van der Waals surface area contributed by atoms with E-state index in [1.165, 1.54) is 42.4 Å². The minimum absolute atomic E-state index is 1.08. The summed E-state index contributed by atoms with van der Waals surface area (Å²) in [6.07, 6.45) is 0. The number of benzene rings is 5. The van der Waals surface area contributed by atoms with Crippen molar-refractivity contribution in [1.29, 1.82) is 0 Å². The van der Waals surface area contributed by atoms with E-state index in [1.807, 2.05) is 17.4 Å². The molecule has 1 heterocycles. The monoisotopic (exact) mass is 427 g/mol. The molecule has 0 spiro atoms. The fourth-order valence-corrected chi connectivity index (χ4v) is 5.31. The zero-order valence-electron chi connectivity index (χ0n) is 17.5. The van der Waals surface area contributed by atoms with Gasteiger partial charge in [0.25, 0.3) is 0 Å². The number of hydrogen-bond acceptors (Lipinski definition) is 2. The lowest BCUT2D eigenvalue weighted by atomic mass is 10.0. The first-order valence-corrected chi connectivity index (χ1v) is 11.6. The Bertz CT molecular complexity index is 1530. The van der Waals surface area contributed by atoms with Gasteiger partial charge in [0, 0.05) is 31.5 Å². The molecule has 32 heavy (non-hydrogen) atoms. The highest BCUT2D eigenvalue weighted by Gasteiger charge is 2.07. The van der Waals surface area contributed by atoms with E-state index in [-0.39, 0.29) is 0 Å². The fourth-order valence-electron chi connectivity index (χ4n) is 4.23. The minimum atomic E-state index is 1.08. The van der Waals surface area contributed by atoms with Gasteiger partial charge < -0.3 is 5.32 Å². The molecular formula is C30H21NS. The first-order valence-electron chi connectivity index (χ1n) is 10.8. The van der Waals surface area contributed by atoms with Gasteiger partial charge in [0.2, 0.25) is 0 Å². The maximum atomic E-state index is 3.54. The minimum Gasteiger partial charge on any atom is -0.356 e. The zero-order valence-corrected chi connectivity index (χ0v) is 18.3. The third kappa shape index (κ3) is 3.55. The number of rotatable bonds is 4. The van der Waals surface area contributed by atoms with Gasteiger partial charge in [-0.05, 0) is 64.7 Å². The Morgan fingerprint density at radius 3 is 1.94 bits per heavy atom. The SMILES string of the molecule is c1ccc(-c2cccc(Nc3ccc(-c4ccc5sc6ccccc6c5c4)cc3)c2)cc1. The van der Waals surface area contributed by atoms with Gasteiger partial charge in [0.15, 0.2) is 0 Å². The van der Waals surface area contributed by atoms with Crippen molar-refractivity contribution in [3.8, 4) is 22.3 Å². The number of hydrogen-bond donors (Lipinski definition) is 1. The Balaban J connectivity index is 1.27. The Morgan fingerprint density at radius 1 is 0.406 bits per heavy atom. The molecule has 152 valence electrons. The molecule has 0 saturated carbocycles. The predicted octanol–water partition coefficient (Wildman–Crippen LogP) is 9.13. The summed E-state index contributed by atoms with van der Waals surface area (Å²) in [6.45, 7) is 0. The van der Waals surface area contributed by atoms with Crippen LogP contribution in [-0.2, 0) is 0 Å². The third-order valence-electron chi connectivity index (χ3n) is 5.85. The van der Waals surface area contributed by atoms with E-state index in [1.54, 1.807) is 0 Å². The highest BCUT2D eigenvalue weighted by atomic mass is 32.1. The predicted molar refractivity (Wildman–Crippen MR) is 140 cm³/mol. The summed E-state index contributed by atoms with van der Waals surface area (Å²) in [5, 5.41) is 6.22. The quantitative estimate of drug-likeness (QED) is 0.296. The molecular weight excluding hydrogens is 406 g/mol. The van der Waals surface area contributed by atoms with Gasteiger partial charge >= 0.3 is 0 Å². The second-order valence-corrected chi connectivity index (χ2v) is 9.04. The van der Waals surface area contributed by atoms with E-state index in [0.717, 1.165) is 11.4 Å². The Kier molecular flexibility index (Phi) is 4.71. The van der Waals surface area contributed by atoms with Crippen molar-refractivity contribution in [1.82, 2.24) is 0 Å². The summed E-state index contributed by atoms with van der Waals surface area (Å²) in [5.74, 6) is 0. The van der Waals surface area contributed by atoms with Gasteiger partial charge in [0.05, 0.1) is 0 Å². The maximum Gasteiger partial charge on any atom is 0.0390 e. The number of thiophene rings is 1. The van der Waals surface area contributed by atoms with Crippen LogP contribution < -0.4 is 5.32 Å². The Labute approximate surface area is 191 Å². The van der Waals surface area contributed by atoms with Crippen LogP contribution in [0.25, 0.3) is 42.4 Å². The Morgan fingerprint density at radius 2 is 1.06 bits per heavy atom. The van der Waals surface area contributed by atoms with Crippen LogP contribution in [0.4, 0.5) is 11.4 Å². The number of anilines is 2. The fraction of sp³-hybridized carbons (Fsp3) is 0. The smallest absolute Gasteiger partial charge is 0.0390 e. The van der Waals surface area contributed by atoms with Gasteiger partial charge in [-0.25, -0.2) is 0 Å². The topological polar surface area (TPSA) is 12.0 Å². The van der Waals surface area contributed by atoms with Crippen LogP contribution in [0.5, 0.6) is 0 Å². The average molecular weight is 428 g/mol. The van der Waals surface area contributed by atoms with Crippen LogP contribution in [0, 0.1) is 0 Å².